The Hall–Kier alpha value is -3.20. The van der Waals surface area contributed by atoms with E-state index < -0.39 is 10.0 Å². The molecule has 3 aromatic carbocycles. The molecular weight excluding hydrogens is 462 g/mol. The molecule has 1 fully saturated rings. The van der Waals surface area contributed by atoms with E-state index >= 15 is 0 Å². The van der Waals surface area contributed by atoms with E-state index in [9.17, 15) is 13.2 Å². The van der Waals surface area contributed by atoms with E-state index in [-0.39, 0.29) is 29.1 Å². The Kier molecular flexibility index (Phi) is 7.85. The molecule has 1 amide bonds. The summed E-state index contributed by atoms with van der Waals surface area (Å²) in [6.07, 6.45) is 0.847. The maximum absolute atomic E-state index is 13.4. The number of nitrogens with one attached hydrogen (secondary N) is 1. The van der Waals surface area contributed by atoms with Gasteiger partial charge in [-0.2, -0.15) is 4.31 Å². The largest absolute Gasteiger partial charge is 0.495 e. The zero-order valence-corrected chi connectivity index (χ0v) is 20.9. The van der Waals surface area contributed by atoms with Crippen LogP contribution in [0.2, 0.25) is 0 Å². The van der Waals surface area contributed by atoms with Crippen LogP contribution in [0.5, 0.6) is 5.75 Å². The Labute approximate surface area is 207 Å². The van der Waals surface area contributed by atoms with Gasteiger partial charge in [0.1, 0.15) is 10.6 Å². The second-order valence-corrected chi connectivity index (χ2v) is 10.8. The highest BCUT2D eigenvalue weighted by Gasteiger charge is 2.28. The minimum Gasteiger partial charge on any atom is -0.495 e. The van der Waals surface area contributed by atoms with Gasteiger partial charge < -0.3 is 10.1 Å². The van der Waals surface area contributed by atoms with Crippen molar-refractivity contribution in [2.45, 2.75) is 30.4 Å². The Bertz CT molecular complexity index is 1250. The molecule has 1 heterocycles. The van der Waals surface area contributed by atoms with Crippen molar-refractivity contribution in [3.8, 4) is 5.75 Å². The van der Waals surface area contributed by atoms with Crippen molar-refractivity contribution >= 4 is 15.9 Å². The molecule has 1 aliphatic rings. The minimum atomic E-state index is -3.89. The smallest absolute Gasteiger partial charge is 0.251 e. The predicted octanol–water partition coefficient (Wildman–Crippen LogP) is 3.52. The number of sulfonamides is 1. The molecule has 0 unspecified atom stereocenters. The van der Waals surface area contributed by atoms with Gasteiger partial charge in [-0.1, -0.05) is 60.7 Å². The fourth-order valence-corrected chi connectivity index (χ4v) is 5.65. The summed E-state index contributed by atoms with van der Waals surface area (Å²) in [5.74, 6) is -0.0854. The molecule has 7 nitrogen and oxygen atoms in total. The third-order valence-electron chi connectivity index (χ3n) is 6.22. The van der Waals surface area contributed by atoms with E-state index in [1.54, 1.807) is 6.07 Å². The number of likely N-dealkylation sites (tertiary alicyclic amines) is 1. The SMILES string of the molecule is COc1ccc(C(=O)N[C@H]2CCN(Cc3ccccc3)C2)cc1S(=O)(=O)N(C)Cc1ccccc1. The van der Waals surface area contributed by atoms with Gasteiger partial charge in [0.05, 0.1) is 7.11 Å². The van der Waals surface area contributed by atoms with Gasteiger partial charge in [-0.3, -0.25) is 9.69 Å². The lowest BCUT2D eigenvalue weighted by molar-refractivity contribution is 0.0937. The van der Waals surface area contributed by atoms with E-state index in [1.165, 1.54) is 36.2 Å². The highest BCUT2D eigenvalue weighted by molar-refractivity contribution is 7.89. The molecule has 0 saturated carbocycles. The summed E-state index contributed by atoms with van der Waals surface area (Å²) in [7, 11) is -0.943. The van der Waals surface area contributed by atoms with Crippen LogP contribution in [-0.4, -0.2) is 56.8 Å². The summed E-state index contributed by atoms with van der Waals surface area (Å²) < 4.78 is 33.3. The maximum Gasteiger partial charge on any atom is 0.251 e. The van der Waals surface area contributed by atoms with Gasteiger partial charge in [0, 0.05) is 44.8 Å². The summed E-state index contributed by atoms with van der Waals surface area (Å²) in [6.45, 7) is 2.70. The fourth-order valence-electron chi connectivity index (χ4n) is 4.32. The summed E-state index contributed by atoms with van der Waals surface area (Å²) in [6, 6.07) is 24.1. The van der Waals surface area contributed by atoms with Crippen molar-refractivity contribution in [1.82, 2.24) is 14.5 Å². The van der Waals surface area contributed by atoms with E-state index in [2.05, 4.69) is 22.3 Å². The van der Waals surface area contributed by atoms with Crippen LogP contribution in [-0.2, 0) is 23.1 Å². The molecule has 1 saturated heterocycles. The molecule has 0 radical (unpaired) electrons. The quantitative estimate of drug-likeness (QED) is 0.494. The third kappa shape index (κ3) is 6.08. The van der Waals surface area contributed by atoms with Gasteiger partial charge in [-0.25, -0.2) is 8.42 Å². The molecule has 1 atom stereocenters. The van der Waals surface area contributed by atoms with Crippen LogP contribution >= 0.6 is 0 Å². The summed E-state index contributed by atoms with van der Waals surface area (Å²) in [4.78, 5) is 15.3. The topological polar surface area (TPSA) is 79.0 Å². The van der Waals surface area contributed by atoms with Gasteiger partial charge in [-0.15, -0.1) is 0 Å². The van der Waals surface area contributed by atoms with Crippen molar-refractivity contribution < 1.29 is 17.9 Å². The van der Waals surface area contributed by atoms with E-state index in [0.717, 1.165) is 31.6 Å². The van der Waals surface area contributed by atoms with E-state index in [0.29, 0.717) is 5.56 Å². The monoisotopic (exact) mass is 493 g/mol. The molecule has 4 rings (SSSR count). The summed E-state index contributed by atoms with van der Waals surface area (Å²) in [5.41, 5.74) is 2.40. The zero-order valence-electron chi connectivity index (χ0n) is 20.1. The Morgan fingerprint density at radius 2 is 1.69 bits per heavy atom. The highest BCUT2D eigenvalue weighted by atomic mass is 32.2. The molecule has 184 valence electrons. The van der Waals surface area contributed by atoms with Gasteiger partial charge in [-0.05, 0) is 35.7 Å². The number of hydrogen-bond donors (Lipinski definition) is 1. The van der Waals surface area contributed by atoms with Crippen LogP contribution in [0.15, 0.2) is 83.8 Å². The Morgan fingerprint density at radius 3 is 2.34 bits per heavy atom. The Balaban J connectivity index is 1.45. The lowest BCUT2D eigenvalue weighted by Gasteiger charge is -2.20. The van der Waals surface area contributed by atoms with E-state index in [1.807, 2.05) is 48.5 Å². The van der Waals surface area contributed by atoms with Crippen LogP contribution in [0.1, 0.15) is 27.9 Å². The minimum absolute atomic E-state index is 0.00845. The number of nitrogens with zero attached hydrogens (tertiary/aromatic N) is 2. The van der Waals surface area contributed by atoms with Crippen molar-refractivity contribution in [3.63, 3.8) is 0 Å². The lowest BCUT2D eigenvalue weighted by Crippen LogP contribution is -2.37. The fraction of sp³-hybridized carbons (Fsp3) is 0.296. The zero-order chi connectivity index (χ0) is 24.8. The number of amides is 1. The molecule has 0 spiro atoms. The average Bonchev–Trinajstić information content (AvgIpc) is 3.31. The molecule has 1 aliphatic heterocycles. The molecule has 1 N–H and O–H groups in total. The van der Waals surface area contributed by atoms with Crippen LogP contribution in [0.4, 0.5) is 0 Å². The van der Waals surface area contributed by atoms with Crippen LogP contribution in [0.25, 0.3) is 0 Å². The molecule has 0 bridgehead atoms. The van der Waals surface area contributed by atoms with Crippen LogP contribution < -0.4 is 10.1 Å². The van der Waals surface area contributed by atoms with Gasteiger partial charge in [0.25, 0.3) is 5.91 Å². The number of carbonyl (C=O) groups is 1. The number of rotatable bonds is 9. The predicted molar refractivity (Wildman–Crippen MR) is 136 cm³/mol. The maximum atomic E-state index is 13.4. The first kappa shape index (κ1) is 24.9. The van der Waals surface area contributed by atoms with Crippen LogP contribution in [0.3, 0.4) is 0 Å². The third-order valence-corrected chi connectivity index (χ3v) is 8.04. The number of ether oxygens (including phenoxy) is 1. The first-order valence-corrected chi connectivity index (χ1v) is 13.1. The second-order valence-electron chi connectivity index (χ2n) is 8.79. The van der Waals surface area contributed by atoms with Crippen LogP contribution in [0, 0.1) is 0 Å². The molecular formula is C27H31N3O4S. The van der Waals surface area contributed by atoms with Crippen molar-refractivity contribution in [2.75, 3.05) is 27.2 Å². The van der Waals surface area contributed by atoms with E-state index in [4.69, 9.17) is 4.74 Å². The summed E-state index contributed by atoms with van der Waals surface area (Å²) in [5, 5.41) is 3.07. The second kappa shape index (κ2) is 11.0. The summed E-state index contributed by atoms with van der Waals surface area (Å²) >= 11 is 0. The van der Waals surface area contributed by atoms with Crippen molar-refractivity contribution in [3.05, 3.63) is 95.6 Å². The van der Waals surface area contributed by atoms with Crippen molar-refractivity contribution in [1.29, 1.82) is 0 Å². The standard InChI is InChI=1S/C27H31N3O4S/c1-29(18-21-9-5-3-6-10-21)35(32,33)26-17-23(13-14-25(26)34-2)27(31)28-24-15-16-30(20-24)19-22-11-7-4-8-12-22/h3-14,17,24H,15-16,18-20H2,1-2H3,(H,28,31)/t24-/m0/s1. The molecule has 8 heteroatoms. The van der Waals surface area contributed by atoms with Gasteiger partial charge in [0.15, 0.2) is 0 Å². The number of hydrogen-bond acceptors (Lipinski definition) is 5. The highest BCUT2D eigenvalue weighted by Crippen LogP contribution is 2.28. The van der Waals surface area contributed by atoms with Gasteiger partial charge >= 0.3 is 0 Å². The Morgan fingerprint density at radius 1 is 1.03 bits per heavy atom. The normalized spacial score (nSPS) is 16.4. The average molecular weight is 494 g/mol. The number of benzene rings is 3. The molecule has 0 aliphatic carbocycles. The first-order chi connectivity index (χ1) is 16.9. The number of carbonyl (C=O) groups excluding carboxylic acids is 1. The van der Waals surface area contributed by atoms with Crippen molar-refractivity contribution in [2.24, 2.45) is 0 Å². The molecule has 0 aromatic heterocycles. The first-order valence-electron chi connectivity index (χ1n) is 11.6. The van der Waals surface area contributed by atoms with Gasteiger partial charge in [0.2, 0.25) is 10.0 Å². The molecule has 3 aromatic rings. The number of methoxy groups -OCH3 is 1. The molecule has 35 heavy (non-hydrogen) atoms. The lowest BCUT2D eigenvalue weighted by atomic mass is 10.1.